The van der Waals surface area contributed by atoms with Crippen LogP contribution in [0, 0.1) is 0 Å². The van der Waals surface area contributed by atoms with E-state index in [1.165, 1.54) is 0 Å². The van der Waals surface area contributed by atoms with Gasteiger partial charge in [-0.15, -0.1) is 0 Å². The predicted molar refractivity (Wildman–Crippen MR) is 137 cm³/mol. The maximum Gasteiger partial charge on any atom is 0.251 e. The average Bonchev–Trinajstić information content (AvgIpc) is 2.86. The fraction of sp³-hybridized carbons (Fsp3) is 0.500. The van der Waals surface area contributed by atoms with Gasteiger partial charge in [-0.2, -0.15) is 0 Å². The van der Waals surface area contributed by atoms with E-state index >= 15 is 0 Å². The molecule has 0 fully saturated rings. The van der Waals surface area contributed by atoms with Crippen LogP contribution in [-0.2, 0) is 0 Å². The normalized spacial score (nSPS) is 10.5. The van der Waals surface area contributed by atoms with Gasteiger partial charge in [-0.3, -0.25) is 9.59 Å². The lowest BCUT2D eigenvalue weighted by molar-refractivity contribution is 0.0943. The molecule has 0 radical (unpaired) electrons. The minimum Gasteiger partial charge on any atom is -0.494 e. The van der Waals surface area contributed by atoms with Crippen LogP contribution in [0.2, 0.25) is 0 Å². The van der Waals surface area contributed by atoms with E-state index in [1.54, 1.807) is 24.3 Å². The Kier molecular flexibility index (Phi) is 13.3. The van der Waals surface area contributed by atoms with Crippen LogP contribution in [0.5, 0.6) is 11.5 Å². The lowest BCUT2D eigenvalue weighted by Gasteiger charge is -2.09. The van der Waals surface area contributed by atoms with Gasteiger partial charge in [0.05, 0.1) is 13.2 Å². The zero-order chi connectivity index (χ0) is 24.4. The lowest BCUT2D eigenvalue weighted by Crippen LogP contribution is -2.25. The van der Waals surface area contributed by atoms with Crippen molar-refractivity contribution >= 4 is 11.8 Å². The van der Waals surface area contributed by atoms with Gasteiger partial charge < -0.3 is 20.1 Å². The summed E-state index contributed by atoms with van der Waals surface area (Å²) in [7, 11) is 0. The Morgan fingerprint density at radius 1 is 0.647 bits per heavy atom. The largest absolute Gasteiger partial charge is 0.494 e. The average molecular weight is 469 g/mol. The monoisotopic (exact) mass is 468 g/mol. The number of carbonyl (C=O) groups excluding carboxylic acids is 2. The molecular weight excluding hydrogens is 428 g/mol. The molecule has 0 aliphatic rings. The number of amides is 2. The van der Waals surface area contributed by atoms with Crippen LogP contribution in [0.25, 0.3) is 0 Å². The van der Waals surface area contributed by atoms with E-state index in [0.29, 0.717) is 37.4 Å². The van der Waals surface area contributed by atoms with Crippen LogP contribution in [-0.4, -0.2) is 38.1 Å². The maximum atomic E-state index is 12.3. The molecule has 34 heavy (non-hydrogen) atoms. The van der Waals surface area contributed by atoms with Crippen LogP contribution in [0.3, 0.4) is 0 Å². The number of unbranched alkanes of at least 4 members (excludes halogenated alkanes) is 5. The van der Waals surface area contributed by atoms with Crippen molar-refractivity contribution in [2.45, 2.75) is 65.2 Å². The number of hydrogen-bond donors (Lipinski definition) is 2. The Morgan fingerprint density at radius 2 is 1.09 bits per heavy atom. The number of hydrogen-bond acceptors (Lipinski definition) is 4. The van der Waals surface area contributed by atoms with Gasteiger partial charge in [0.1, 0.15) is 11.5 Å². The summed E-state index contributed by atoms with van der Waals surface area (Å²) in [6.07, 6.45) is 7.97. The van der Waals surface area contributed by atoms with E-state index in [1.807, 2.05) is 24.3 Å². The summed E-state index contributed by atoms with van der Waals surface area (Å²) in [5.41, 5.74) is 1.24. The fourth-order valence-electron chi connectivity index (χ4n) is 3.33. The molecule has 186 valence electrons. The van der Waals surface area contributed by atoms with E-state index < -0.39 is 0 Å². The van der Waals surface area contributed by atoms with Crippen molar-refractivity contribution in [1.82, 2.24) is 10.6 Å². The second-order valence-electron chi connectivity index (χ2n) is 8.39. The highest BCUT2D eigenvalue weighted by Crippen LogP contribution is 2.15. The smallest absolute Gasteiger partial charge is 0.251 e. The molecule has 6 heteroatoms. The molecule has 2 aromatic rings. The van der Waals surface area contributed by atoms with Crippen molar-refractivity contribution in [1.29, 1.82) is 0 Å². The SMILES string of the molecule is CCCCOc1cccc(C(=O)NCCCCCCNC(=O)c2cccc(OCCCC)c2)c1. The van der Waals surface area contributed by atoms with Gasteiger partial charge in [-0.05, 0) is 62.1 Å². The van der Waals surface area contributed by atoms with E-state index in [0.717, 1.165) is 62.9 Å². The predicted octanol–water partition coefficient (Wildman–Crippen LogP) is 5.76. The highest BCUT2D eigenvalue weighted by atomic mass is 16.5. The zero-order valence-electron chi connectivity index (χ0n) is 20.7. The van der Waals surface area contributed by atoms with Crippen molar-refractivity contribution in [3.05, 3.63) is 59.7 Å². The van der Waals surface area contributed by atoms with Crippen LogP contribution >= 0.6 is 0 Å². The van der Waals surface area contributed by atoms with E-state index in [2.05, 4.69) is 24.5 Å². The van der Waals surface area contributed by atoms with Gasteiger partial charge in [-0.1, -0.05) is 51.7 Å². The Morgan fingerprint density at radius 3 is 1.50 bits per heavy atom. The molecule has 0 aliphatic heterocycles. The van der Waals surface area contributed by atoms with Crippen molar-refractivity contribution in [3.8, 4) is 11.5 Å². The van der Waals surface area contributed by atoms with Gasteiger partial charge in [0.25, 0.3) is 11.8 Å². The van der Waals surface area contributed by atoms with Crippen molar-refractivity contribution in [2.75, 3.05) is 26.3 Å². The second-order valence-corrected chi connectivity index (χ2v) is 8.39. The summed E-state index contributed by atoms with van der Waals surface area (Å²) in [6.45, 7) is 6.85. The van der Waals surface area contributed by atoms with E-state index in [-0.39, 0.29) is 11.8 Å². The van der Waals surface area contributed by atoms with Crippen LogP contribution in [0.1, 0.15) is 85.9 Å². The second kappa shape index (κ2) is 16.6. The molecule has 0 aromatic heterocycles. The number of benzene rings is 2. The minimum absolute atomic E-state index is 0.0749. The van der Waals surface area contributed by atoms with Crippen molar-refractivity contribution in [2.24, 2.45) is 0 Å². The minimum atomic E-state index is -0.0749. The quantitative estimate of drug-likeness (QED) is 0.289. The molecular formula is C28H40N2O4. The third-order valence-electron chi connectivity index (χ3n) is 5.40. The standard InChI is InChI=1S/C28H40N2O4/c1-3-5-19-33-25-15-11-13-23(21-25)27(31)29-17-9-7-8-10-18-30-28(32)24-14-12-16-26(22-24)34-20-6-4-2/h11-16,21-22H,3-10,17-20H2,1-2H3,(H,29,31)(H,30,32). The molecule has 0 heterocycles. The van der Waals surface area contributed by atoms with Gasteiger partial charge in [0.15, 0.2) is 0 Å². The third kappa shape index (κ3) is 10.7. The Bertz CT molecular complexity index is 797. The van der Waals surface area contributed by atoms with Crippen LogP contribution in [0.4, 0.5) is 0 Å². The first-order valence-corrected chi connectivity index (χ1v) is 12.7. The third-order valence-corrected chi connectivity index (χ3v) is 5.40. The van der Waals surface area contributed by atoms with Crippen molar-refractivity contribution in [3.63, 3.8) is 0 Å². The number of nitrogens with one attached hydrogen (secondary N) is 2. The molecule has 0 saturated carbocycles. The molecule has 0 unspecified atom stereocenters. The lowest BCUT2D eigenvalue weighted by atomic mass is 10.1. The first kappa shape index (κ1) is 27.2. The molecule has 0 bridgehead atoms. The summed E-state index contributed by atoms with van der Waals surface area (Å²) in [6, 6.07) is 14.6. The Labute approximate surface area is 204 Å². The van der Waals surface area contributed by atoms with E-state index in [4.69, 9.17) is 9.47 Å². The molecule has 0 atom stereocenters. The van der Waals surface area contributed by atoms with Gasteiger partial charge in [-0.25, -0.2) is 0 Å². The molecule has 6 nitrogen and oxygen atoms in total. The first-order valence-electron chi connectivity index (χ1n) is 12.7. The number of rotatable bonds is 17. The molecule has 0 saturated heterocycles. The molecule has 2 aromatic carbocycles. The summed E-state index contributed by atoms with van der Waals surface area (Å²) >= 11 is 0. The molecule has 2 amide bonds. The fourth-order valence-corrected chi connectivity index (χ4v) is 3.33. The van der Waals surface area contributed by atoms with Gasteiger partial charge >= 0.3 is 0 Å². The van der Waals surface area contributed by atoms with Gasteiger partial charge in [0.2, 0.25) is 0 Å². The van der Waals surface area contributed by atoms with Crippen LogP contribution in [0.15, 0.2) is 48.5 Å². The summed E-state index contributed by atoms with van der Waals surface area (Å²) < 4.78 is 11.3. The maximum absolute atomic E-state index is 12.3. The topological polar surface area (TPSA) is 76.7 Å². The summed E-state index contributed by atoms with van der Waals surface area (Å²) in [5.74, 6) is 1.32. The Balaban J connectivity index is 1.56. The molecule has 0 spiro atoms. The first-order chi connectivity index (χ1) is 16.6. The number of ether oxygens (including phenoxy) is 2. The summed E-state index contributed by atoms with van der Waals surface area (Å²) in [4.78, 5) is 24.7. The van der Waals surface area contributed by atoms with E-state index in [9.17, 15) is 9.59 Å². The molecule has 2 N–H and O–H groups in total. The van der Waals surface area contributed by atoms with Crippen LogP contribution < -0.4 is 20.1 Å². The summed E-state index contributed by atoms with van der Waals surface area (Å²) in [5, 5.41) is 5.94. The van der Waals surface area contributed by atoms with Gasteiger partial charge in [0, 0.05) is 24.2 Å². The molecule has 0 aliphatic carbocycles. The molecule has 2 rings (SSSR count). The highest BCUT2D eigenvalue weighted by molar-refractivity contribution is 5.95. The number of carbonyl (C=O) groups is 2. The van der Waals surface area contributed by atoms with Crippen molar-refractivity contribution < 1.29 is 19.1 Å². The Hall–Kier alpha value is -3.02. The highest BCUT2D eigenvalue weighted by Gasteiger charge is 2.07. The zero-order valence-corrected chi connectivity index (χ0v) is 20.7.